The van der Waals surface area contributed by atoms with Crippen LogP contribution in [0.2, 0.25) is 0 Å². The second kappa shape index (κ2) is 6.33. The van der Waals surface area contributed by atoms with Gasteiger partial charge in [0, 0.05) is 11.6 Å². The minimum Gasteiger partial charge on any atom is -0.157 e. The van der Waals surface area contributed by atoms with Gasteiger partial charge in [-0.1, -0.05) is 29.8 Å². The van der Waals surface area contributed by atoms with Gasteiger partial charge < -0.3 is 0 Å². The van der Waals surface area contributed by atoms with Crippen molar-refractivity contribution in [2.24, 2.45) is 0 Å². The molecule has 0 nitrogen and oxygen atoms in total. The van der Waals surface area contributed by atoms with Crippen molar-refractivity contribution in [1.29, 1.82) is 0 Å². The first-order chi connectivity index (χ1) is 6.33. The van der Waals surface area contributed by atoms with E-state index in [4.69, 9.17) is 11.6 Å². The Morgan fingerprint density at radius 2 is 1.92 bits per heavy atom. The Bertz CT molecular complexity index is 230. The van der Waals surface area contributed by atoms with Crippen LogP contribution >= 0.6 is 23.4 Å². The Hall–Kier alpha value is -0.140. The molecule has 0 heterocycles. The van der Waals surface area contributed by atoms with Crippen molar-refractivity contribution in [2.45, 2.75) is 19.1 Å². The fraction of sp³-hybridized carbons (Fsp3) is 0.455. The van der Waals surface area contributed by atoms with Crippen LogP contribution in [0.5, 0.6) is 0 Å². The summed E-state index contributed by atoms with van der Waals surface area (Å²) in [5, 5.41) is 0. The molecule has 0 spiro atoms. The maximum atomic E-state index is 5.59. The zero-order valence-electron chi connectivity index (χ0n) is 7.92. The average molecular weight is 215 g/mol. The van der Waals surface area contributed by atoms with E-state index in [1.165, 1.54) is 11.1 Å². The minimum atomic E-state index is 0.779. The summed E-state index contributed by atoms with van der Waals surface area (Å²) >= 11 is 7.54. The molecule has 13 heavy (non-hydrogen) atoms. The molecule has 2 heteroatoms. The van der Waals surface area contributed by atoms with Gasteiger partial charge in [-0.3, -0.25) is 0 Å². The molecular formula is C11H15ClS. The molecule has 1 aromatic carbocycles. The van der Waals surface area contributed by atoms with Gasteiger partial charge in [-0.25, -0.2) is 0 Å². The maximum Gasteiger partial charge on any atom is 0.0231 e. The van der Waals surface area contributed by atoms with E-state index in [1.807, 2.05) is 11.8 Å². The number of alkyl halides is 1. The van der Waals surface area contributed by atoms with Crippen LogP contribution in [0.15, 0.2) is 24.3 Å². The van der Waals surface area contributed by atoms with Gasteiger partial charge in [0.25, 0.3) is 0 Å². The smallest absolute Gasteiger partial charge is 0.0231 e. The van der Waals surface area contributed by atoms with Crippen LogP contribution in [0, 0.1) is 6.92 Å². The topological polar surface area (TPSA) is 0 Å². The fourth-order valence-electron chi connectivity index (χ4n) is 1.03. The Kier molecular flexibility index (Phi) is 5.33. The van der Waals surface area contributed by atoms with E-state index in [0.717, 1.165) is 23.8 Å². The van der Waals surface area contributed by atoms with Crippen LogP contribution in [0.1, 0.15) is 17.5 Å². The number of benzene rings is 1. The highest BCUT2D eigenvalue weighted by atomic mass is 35.5. The molecule has 0 N–H and O–H groups in total. The Balaban J connectivity index is 2.25. The summed E-state index contributed by atoms with van der Waals surface area (Å²) in [6.45, 7) is 2.12. The van der Waals surface area contributed by atoms with Crippen molar-refractivity contribution in [3.05, 3.63) is 35.4 Å². The summed E-state index contributed by atoms with van der Waals surface area (Å²) in [6, 6.07) is 8.72. The Morgan fingerprint density at radius 1 is 1.23 bits per heavy atom. The van der Waals surface area contributed by atoms with E-state index in [2.05, 4.69) is 31.2 Å². The van der Waals surface area contributed by atoms with Gasteiger partial charge in [0.15, 0.2) is 0 Å². The maximum absolute atomic E-state index is 5.59. The van der Waals surface area contributed by atoms with Crippen LogP contribution in [-0.4, -0.2) is 11.6 Å². The highest BCUT2D eigenvalue weighted by Crippen LogP contribution is 2.13. The normalized spacial score (nSPS) is 10.3. The molecule has 1 rings (SSSR count). The highest BCUT2D eigenvalue weighted by molar-refractivity contribution is 7.98. The average Bonchev–Trinajstić information content (AvgIpc) is 2.15. The van der Waals surface area contributed by atoms with Crippen LogP contribution in [0.4, 0.5) is 0 Å². The third-order valence-corrected chi connectivity index (χ3v) is 3.19. The van der Waals surface area contributed by atoms with Gasteiger partial charge in [0.2, 0.25) is 0 Å². The first kappa shape index (κ1) is 10.9. The monoisotopic (exact) mass is 214 g/mol. The van der Waals surface area contributed by atoms with Gasteiger partial charge >= 0.3 is 0 Å². The Labute approximate surface area is 89.7 Å². The van der Waals surface area contributed by atoms with Gasteiger partial charge in [-0.05, 0) is 24.7 Å². The SMILES string of the molecule is Cc1ccc(CSCCCCl)cc1. The highest BCUT2D eigenvalue weighted by Gasteiger charge is 1.92. The van der Waals surface area contributed by atoms with Gasteiger partial charge in [0.1, 0.15) is 0 Å². The number of halogens is 1. The summed E-state index contributed by atoms with van der Waals surface area (Å²) in [6.07, 6.45) is 1.11. The van der Waals surface area contributed by atoms with E-state index in [0.29, 0.717) is 0 Å². The minimum absolute atomic E-state index is 0.779. The van der Waals surface area contributed by atoms with Crippen LogP contribution in [-0.2, 0) is 5.75 Å². The van der Waals surface area contributed by atoms with Crippen molar-refractivity contribution >= 4 is 23.4 Å². The van der Waals surface area contributed by atoms with E-state index in [1.54, 1.807) is 0 Å². The van der Waals surface area contributed by atoms with Crippen molar-refractivity contribution in [2.75, 3.05) is 11.6 Å². The molecule has 0 aliphatic heterocycles. The van der Waals surface area contributed by atoms with Crippen LogP contribution < -0.4 is 0 Å². The molecule has 1 aromatic rings. The molecule has 0 bridgehead atoms. The molecule has 0 saturated carbocycles. The second-order valence-corrected chi connectivity index (χ2v) is 4.56. The van der Waals surface area contributed by atoms with Gasteiger partial charge in [-0.15, -0.1) is 11.6 Å². The second-order valence-electron chi connectivity index (χ2n) is 3.08. The lowest BCUT2D eigenvalue weighted by Gasteiger charge is -2.00. The molecule has 0 aliphatic rings. The third-order valence-electron chi connectivity index (χ3n) is 1.81. The Morgan fingerprint density at radius 3 is 2.54 bits per heavy atom. The van der Waals surface area contributed by atoms with Gasteiger partial charge in [-0.2, -0.15) is 11.8 Å². The quantitative estimate of drug-likeness (QED) is 0.530. The number of hydrogen-bond acceptors (Lipinski definition) is 1. The summed E-state index contributed by atoms with van der Waals surface area (Å²) in [5.74, 6) is 3.05. The summed E-state index contributed by atoms with van der Waals surface area (Å²) < 4.78 is 0. The van der Waals surface area contributed by atoms with E-state index in [9.17, 15) is 0 Å². The van der Waals surface area contributed by atoms with Crippen LogP contribution in [0.3, 0.4) is 0 Å². The predicted octanol–water partition coefficient (Wildman–Crippen LogP) is 3.86. The van der Waals surface area contributed by atoms with E-state index < -0.39 is 0 Å². The molecule has 0 radical (unpaired) electrons. The number of rotatable bonds is 5. The molecule has 0 fully saturated rings. The summed E-state index contributed by atoms with van der Waals surface area (Å²) in [4.78, 5) is 0. The summed E-state index contributed by atoms with van der Waals surface area (Å²) in [5.41, 5.74) is 2.74. The fourth-order valence-corrected chi connectivity index (χ4v) is 2.24. The lowest BCUT2D eigenvalue weighted by molar-refractivity contribution is 1.11. The number of hydrogen-bond donors (Lipinski definition) is 0. The predicted molar refractivity (Wildman–Crippen MR) is 62.7 cm³/mol. The standard InChI is InChI=1S/C11H15ClS/c1-10-3-5-11(6-4-10)9-13-8-2-7-12/h3-6H,2,7-9H2,1H3. The van der Waals surface area contributed by atoms with Crippen molar-refractivity contribution in [3.8, 4) is 0 Å². The van der Waals surface area contributed by atoms with E-state index >= 15 is 0 Å². The number of thioether (sulfide) groups is 1. The number of aryl methyl sites for hydroxylation is 1. The lowest BCUT2D eigenvalue weighted by Crippen LogP contribution is -1.84. The first-order valence-electron chi connectivity index (χ1n) is 4.52. The van der Waals surface area contributed by atoms with Crippen molar-refractivity contribution < 1.29 is 0 Å². The van der Waals surface area contributed by atoms with Crippen molar-refractivity contribution in [1.82, 2.24) is 0 Å². The molecular weight excluding hydrogens is 200 g/mol. The molecule has 72 valence electrons. The molecule has 0 saturated heterocycles. The lowest BCUT2D eigenvalue weighted by atomic mass is 10.2. The molecule has 0 atom stereocenters. The summed E-state index contributed by atoms with van der Waals surface area (Å²) in [7, 11) is 0. The molecule has 0 amide bonds. The van der Waals surface area contributed by atoms with Gasteiger partial charge in [0.05, 0.1) is 0 Å². The zero-order valence-corrected chi connectivity index (χ0v) is 9.50. The molecule has 0 aliphatic carbocycles. The van der Waals surface area contributed by atoms with Crippen LogP contribution in [0.25, 0.3) is 0 Å². The largest absolute Gasteiger partial charge is 0.157 e. The van der Waals surface area contributed by atoms with E-state index in [-0.39, 0.29) is 0 Å². The molecule has 0 unspecified atom stereocenters. The molecule has 0 aromatic heterocycles. The third kappa shape index (κ3) is 4.58. The zero-order chi connectivity index (χ0) is 9.52. The van der Waals surface area contributed by atoms with Crippen molar-refractivity contribution in [3.63, 3.8) is 0 Å². The first-order valence-corrected chi connectivity index (χ1v) is 6.21.